The van der Waals surface area contributed by atoms with E-state index in [-0.39, 0.29) is 0 Å². The van der Waals surface area contributed by atoms with Gasteiger partial charge in [-0.3, -0.25) is 25.0 Å². The molecule has 0 saturated carbocycles. The smallest absolute Gasteiger partial charge is 0.305 e. The van der Waals surface area contributed by atoms with Gasteiger partial charge in [-0.2, -0.15) is 0 Å². The second kappa shape index (κ2) is 6.36. The molecule has 2 N–H and O–H groups in total. The lowest BCUT2D eigenvalue weighted by atomic mass is 10.5. The van der Waals surface area contributed by atoms with Crippen LogP contribution in [-0.2, 0) is 19.1 Å². The van der Waals surface area contributed by atoms with Crippen molar-refractivity contribution in [3.05, 3.63) is 25.3 Å². The highest BCUT2D eigenvalue weighted by atomic mass is 16.6. The van der Waals surface area contributed by atoms with Crippen LogP contribution in [0.5, 0.6) is 0 Å². The third-order valence-corrected chi connectivity index (χ3v) is 1.20. The Morgan fingerprint density at radius 1 is 1.13 bits per heavy atom. The lowest BCUT2D eigenvalue weighted by Crippen LogP contribution is -2.49. The lowest BCUT2D eigenvalue weighted by Gasteiger charge is -2.17. The highest BCUT2D eigenvalue weighted by molar-refractivity contribution is 5.89. The molecule has 0 bridgehead atoms. The van der Waals surface area contributed by atoms with Crippen LogP contribution in [0.4, 0.5) is 0 Å². The summed E-state index contributed by atoms with van der Waals surface area (Å²) in [6.45, 7) is 7.56. The first-order valence-electron chi connectivity index (χ1n) is 4.02. The molecule has 0 aromatic heterocycles. The van der Waals surface area contributed by atoms with Crippen molar-refractivity contribution in [2.24, 2.45) is 0 Å². The Hall–Kier alpha value is -2.11. The molecule has 0 radical (unpaired) electrons. The molecule has 0 rings (SSSR count). The number of carbonyl (C=O) groups excluding carboxylic acids is 3. The summed E-state index contributed by atoms with van der Waals surface area (Å²) >= 11 is 0. The first-order valence-corrected chi connectivity index (χ1v) is 4.02. The fraction of sp³-hybridized carbons (Fsp3) is 0.222. The van der Waals surface area contributed by atoms with E-state index in [0.717, 1.165) is 19.1 Å². The maximum Gasteiger partial charge on any atom is 0.305 e. The van der Waals surface area contributed by atoms with Crippen molar-refractivity contribution in [1.82, 2.24) is 10.6 Å². The van der Waals surface area contributed by atoms with Gasteiger partial charge in [-0.25, -0.2) is 0 Å². The van der Waals surface area contributed by atoms with Crippen LogP contribution >= 0.6 is 0 Å². The molecule has 0 aliphatic carbocycles. The standard InChI is InChI=1S/C9H12N2O4/c1-4-7(13)10-9(15-6(3)12)11-8(14)5-2/h4-5,9H,1-2H2,3H3,(H,10,13)(H,11,14). The minimum Gasteiger partial charge on any atom is -0.423 e. The molecule has 6 heteroatoms. The van der Waals surface area contributed by atoms with Crippen LogP contribution in [0.2, 0.25) is 0 Å². The van der Waals surface area contributed by atoms with Gasteiger partial charge < -0.3 is 4.74 Å². The number of ether oxygens (including phenoxy) is 1. The van der Waals surface area contributed by atoms with Gasteiger partial charge in [-0.1, -0.05) is 13.2 Å². The Morgan fingerprint density at radius 2 is 1.53 bits per heavy atom. The SMILES string of the molecule is C=CC(=O)NC(NC(=O)C=C)OC(C)=O. The van der Waals surface area contributed by atoms with Crippen molar-refractivity contribution in [3.63, 3.8) is 0 Å². The second-order valence-corrected chi connectivity index (χ2v) is 2.41. The number of carbonyl (C=O) groups is 3. The molecular weight excluding hydrogens is 200 g/mol. The Kier molecular flexibility index (Phi) is 5.47. The molecule has 0 saturated heterocycles. The zero-order valence-electron chi connectivity index (χ0n) is 8.28. The molecule has 2 amide bonds. The van der Waals surface area contributed by atoms with Crippen LogP contribution in [0.3, 0.4) is 0 Å². The van der Waals surface area contributed by atoms with E-state index < -0.39 is 24.1 Å². The molecule has 0 atom stereocenters. The number of hydrogen-bond acceptors (Lipinski definition) is 4. The van der Waals surface area contributed by atoms with Crippen molar-refractivity contribution in [1.29, 1.82) is 0 Å². The van der Waals surface area contributed by atoms with Crippen LogP contribution < -0.4 is 10.6 Å². The average molecular weight is 212 g/mol. The van der Waals surface area contributed by atoms with Gasteiger partial charge in [0.1, 0.15) is 0 Å². The molecule has 0 unspecified atom stereocenters. The summed E-state index contributed by atoms with van der Waals surface area (Å²) in [5.41, 5.74) is 0. The van der Waals surface area contributed by atoms with Gasteiger partial charge in [-0.05, 0) is 12.2 Å². The molecular formula is C9H12N2O4. The summed E-state index contributed by atoms with van der Waals surface area (Å²) in [6, 6.07) is 0. The number of amides is 2. The number of esters is 1. The van der Waals surface area contributed by atoms with E-state index in [0.29, 0.717) is 0 Å². The minimum absolute atomic E-state index is 0.578. The van der Waals surface area contributed by atoms with Gasteiger partial charge in [0.25, 0.3) is 6.35 Å². The molecule has 82 valence electrons. The lowest BCUT2D eigenvalue weighted by molar-refractivity contribution is -0.152. The van der Waals surface area contributed by atoms with E-state index in [2.05, 4.69) is 28.5 Å². The highest BCUT2D eigenvalue weighted by Crippen LogP contribution is 1.86. The maximum absolute atomic E-state index is 10.9. The third-order valence-electron chi connectivity index (χ3n) is 1.20. The van der Waals surface area contributed by atoms with E-state index >= 15 is 0 Å². The van der Waals surface area contributed by atoms with Crippen LogP contribution in [0.25, 0.3) is 0 Å². The average Bonchev–Trinajstić information content (AvgIpc) is 2.16. The van der Waals surface area contributed by atoms with E-state index in [1.807, 2.05) is 0 Å². The zero-order chi connectivity index (χ0) is 11.8. The van der Waals surface area contributed by atoms with Crippen LogP contribution in [-0.4, -0.2) is 24.1 Å². The summed E-state index contributed by atoms with van der Waals surface area (Å²) in [7, 11) is 0. The molecule has 0 aliphatic heterocycles. The fourth-order valence-corrected chi connectivity index (χ4v) is 0.637. The highest BCUT2D eigenvalue weighted by Gasteiger charge is 2.14. The van der Waals surface area contributed by atoms with E-state index in [4.69, 9.17) is 0 Å². The zero-order valence-corrected chi connectivity index (χ0v) is 8.28. The van der Waals surface area contributed by atoms with Crippen LogP contribution in [0.1, 0.15) is 6.92 Å². The number of hydrogen-bond donors (Lipinski definition) is 2. The Bertz CT molecular complexity index is 276. The Labute approximate surface area is 87.0 Å². The number of nitrogens with one attached hydrogen (secondary N) is 2. The predicted molar refractivity (Wildman–Crippen MR) is 52.2 cm³/mol. The molecule has 0 aromatic rings. The monoisotopic (exact) mass is 212 g/mol. The van der Waals surface area contributed by atoms with Gasteiger partial charge in [0, 0.05) is 6.92 Å². The third kappa shape index (κ3) is 6.03. The van der Waals surface area contributed by atoms with Gasteiger partial charge in [0.05, 0.1) is 0 Å². The van der Waals surface area contributed by atoms with Crippen LogP contribution in [0.15, 0.2) is 25.3 Å². The number of rotatable bonds is 5. The van der Waals surface area contributed by atoms with Gasteiger partial charge in [0.15, 0.2) is 0 Å². The molecule has 15 heavy (non-hydrogen) atoms. The molecule has 6 nitrogen and oxygen atoms in total. The maximum atomic E-state index is 10.9. The largest absolute Gasteiger partial charge is 0.423 e. The van der Waals surface area contributed by atoms with Gasteiger partial charge >= 0.3 is 5.97 Å². The predicted octanol–water partition coefficient (Wildman–Crippen LogP) is -0.563. The first-order chi connectivity index (χ1) is 6.99. The first kappa shape index (κ1) is 12.9. The van der Waals surface area contributed by atoms with Crippen LogP contribution in [0, 0.1) is 0 Å². The van der Waals surface area contributed by atoms with E-state index in [1.165, 1.54) is 0 Å². The summed E-state index contributed by atoms with van der Waals surface area (Å²) in [4.78, 5) is 32.4. The Balaban J connectivity index is 4.35. The van der Waals surface area contributed by atoms with Crippen molar-refractivity contribution in [3.8, 4) is 0 Å². The van der Waals surface area contributed by atoms with Gasteiger partial charge in [0.2, 0.25) is 11.8 Å². The molecule has 0 aromatic carbocycles. The summed E-state index contributed by atoms with van der Waals surface area (Å²) in [5, 5.41) is 4.37. The molecule has 0 aliphatic rings. The van der Waals surface area contributed by atoms with E-state index in [9.17, 15) is 14.4 Å². The summed E-state index contributed by atoms with van der Waals surface area (Å²) < 4.78 is 4.60. The molecule has 0 fully saturated rings. The van der Waals surface area contributed by atoms with E-state index in [1.54, 1.807) is 0 Å². The normalized spacial score (nSPS) is 8.93. The van der Waals surface area contributed by atoms with Crippen molar-refractivity contribution in [2.75, 3.05) is 0 Å². The van der Waals surface area contributed by atoms with Gasteiger partial charge in [-0.15, -0.1) is 0 Å². The molecule has 0 spiro atoms. The second-order valence-electron chi connectivity index (χ2n) is 2.41. The van der Waals surface area contributed by atoms with Crippen molar-refractivity contribution in [2.45, 2.75) is 13.3 Å². The quantitative estimate of drug-likeness (QED) is 0.363. The summed E-state index contributed by atoms with van der Waals surface area (Å²) in [6.07, 6.45) is 0.742. The minimum atomic E-state index is -1.22. The summed E-state index contributed by atoms with van der Waals surface area (Å²) in [5.74, 6) is -1.80. The fourth-order valence-electron chi connectivity index (χ4n) is 0.637. The molecule has 0 heterocycles. The van der Waals surface area contributed by atoms with Crippen molar-refractivity contribution < 1.29 is 19.1 Å². The Morgan fingerprint density at radius 3 is 1.80 bits per heavy atom. The van der Waals surface area contributed by atoms with Crippen molar-refractivity contribution >= 4 is 17.8 Å². The topological polar surface area (TPSA) is 84.5 Å².